The Morgan fingerprint density at radius 3 is 2.87 bits per heavy atom. The van der Waals surface area contributed by atoms with Crippen molar-refractivity contribution in [1.29, 1.82) is 0 Å². The summed E-state index contributed by atoms with van der Waals surface area (Å²) < 4.78 is 9.09. The van der Waals surface area contributed by atoms with Gasteiger partial charge in [-0.3, -0.25) is 4.79 Å². The fourth-order valence-corrected chi connectivity index (χ4v) is 2.06. The molecule has 0 N–H and O–H groups in total. The quantitative estimate of drug-likeness (QED) is 0.745. The normalized spacial score (nSPS) is 9.93. The van der Waals surface area contributed by atoms with E-state index < -0.39 is 0 Å². The van der Waals surface area contributed by atoms with Crippen molar-refractivity contribution >= 4 is 17.8 Å². The Hall–Kier alpha value is -1.68. The summed E-state index contributed by atoms with van der Waals surface area (Å²) >= 11 is 1.32. The summed E-state index contributed by atoms with van der Waals surface area (Å²) in [6.07, 6.45) is 0.849. The Kier molecular flexibility index (Phi) is 2.78. The first-order valence-electron chi connectivity index (χ1n) is 4.40. The number of benzene rings is 1. The van der Waals surface area contributed by atoms with Crippen molar-refractivity contribution in [3.05, 3.63) is 35.9 Å². The molecule has 3 nitrogen and oxygen atoms in total. The second kappa shape index (κ2) is 4.23. The number of nitrogens with zero attached hydrogens (tertiary/aromatic N) is 1. The molecule has 0 saturated carbocycles. The molecule has 0 fully saturated rings. The van der Waals surface area contributed by atoms with Gasteiger partial charge in [0.25, 0.3) is 0 Å². The maximum absolute atomic E-state index is 10.8. The Balaban J connectivity index is 2.48. The lowest BCUT2D eigenvalue weighted by molar-refractivity contribution is 0.112. The van der Waals surface area contributed by atoms with E-state index in [0.29, 0.717) is 11.4 Å². The SMILES string of the molecule is COc1cc(-c2ccccc2C=O)sn1. The van der Waals surface area contributed by atoms with Crippen molar-refractivity contribution in [1.82, 2.24) is 4.37 Å². The molecule has 1 aromatic heterocycles. The molecule has 76 valence electrons. The molecular weight excluding hydrogens is 210 g/mol. The van der Waals surface area contributed by atoms with Crippen LogP contribution in [0.2, 0.25) is 0 Å². The van der Waals surface area contributed by atoms with Crippen LogP contribution in [0.25, 0.3) is 10.4 Å². The third-order valence-electron chi connectivity index (χ3n) is 2.05. The summed E-state index contributed by atoms with van der Waals surface area (Å²) in [5, 5.41) is 0. The summed E-state index contributed by atoms with van der Waals surface area (Å²) in [5.41, 5.74) is 1.57. The van der Waals surface area contributed by atoms with Gasteiger partial charge >= 0.3 is 0 Å². The zero-order chi connectivity index (χ0) is 10.7. The summed E-state index contributed by atoms with van der Waals surface area (Å²) in [6.45, 7) is 0. The minimum Gasteiger partial charge on any atom is -0.480 e. The number of hydrogen-bond acceptors (Lipinski definition) is 4. The predicted octanol–water partition coefficient (Wildman–Crippen LogP) is 2.63. The Bertz CT molecular complexity index is 479. The number of carbonyl (C=O) groups is 1. The second-order valence-corrected chi connectivity index (χ2v) is 3.74. The van der Waals surface area contributed by atoms with Crippen LogP contribution >= 0.6 is 11.5 Å². The first-order chi connectivity index (χ1) is 7.35. The fraction of sp³-hybridized carbons (Fsp3) is 0.0909. The predicted molar refractivity (Wildman–Crippen MR) is 59.5 cm³/mol. The van der Waals surface area contributed by atoms with Gasteiger partial charge in [-0.2, -0.15) is 4.37 Å². The van der Waals surface area contributed by atoms with E-state index in [-0.39, 0.29) is 0 Å². The molecule has 0 aliphatic carbocycles. The van der Waals surface area contributed by atoms with E-state index in [1.807, 2.05) is 24.3 Å². The molecule has 1 heterocycles. The number of ether oxygens (including phenoxy) is 1. The monoisotopic (exact) mass is 219 g/mol. The van der Waals surface area contributed by atoms with Crippen molar-refractivity contribution in [3.63, 3.8) is 0 Å². The molecule has 0 aliphatic rings. The summed E-state index contributed by atoms with van der Waals surface area (Å²) in [6, 6.07) is 9.25. The number of methoxy groups -OCH3 is 1. The Morgan fingerprint density at radius 1 is 1.40 bits per heavy atom. The van der Waals surface area contributed by atoms with Gasteiger partial charge in [0.2, 0.25) is 5.88 Å². The smallest absolute Gasteiger partial charge is 0.225 e. The second-order valence-electron chi connectivity index (χ2n) is 2.94. The van der Waals surface area contributed by atoms with E-state index in [2.05, 4.69) is 4.37 Å². The third-order valence-corrected chi connectivity index (χ3v) is 2.86. The molecule has 2 aromatic rings. The third kappa shape index (κ3) is 1.89. The molecule has 0 aliphatic heterocycles. The lowest BCUT2D eigenvalue weighted by Crippen LogP contribution is -1.84. The van der Waals surface area contributed by atoms with Crippen LogP contribution in [-0.4, -0.2) is 17.8 Å². The van der Waals surface area contributed by atoms with E-state index in [0.717, 1.165) is 16.7 Å². The van der Waals surface area contributed by atoms with E-state index in [4.69, 9.17) is 4.74 Å². The standard InChI is InChI=1S/C11H9NO2S/c1-14-11-6-10(15-12-11)9-5-3-2-4-8(9)7-13/h2-7H,1H3. The molecule has 15 heavy (non-hydrogen) atoms. The lowest BCUT2D eigenvalue weighted by atomic mass is 10.1. The largest absolute Gasteiger partial charge is 0.480 e. The zero-order valence-electron chi connectivity index (χ0n) is 8.14. The summed E-state index contributed by atoms with van der Waals surface area (Å²) in [5.74, 6) is 0.579. The molecule has 0 bridgehead atoms. The van der Waals surface area contributed by atoms with Crippen molar-refractivity contribution in [2.45, 2.75) is 0 Å². The van der Waals surface area contributed by atoms with E-state index in [9.17, 15) is 4.79 Å². The highest BCUT2D eigenvalue weighted by Gasteiger charge is 2.07. The van der Waals surface area contributed by atoms with Gasteiger partial charge in [-0.1, -0.05) is 24.3 Å². The summed E-state index contributed by atoms with van der Waals surface area (Å²) in [4.78, 5) is 11.8. The van der Waals surface area contributed by atoms with Gasteiger partial charge in [0.15, 0.2) is 6.29 Å². The van der Waals surface area contributed by atoms with Crippen molar-refractivity contribution < 1.29 is 9.53 Å². The molecule has 0 radical (unpaired) electrons. The molecular formula is C11H9NO2S. The van der Waals surface area contributed by atoms with Crippen LogP contribution in [0.4, 0.5) is 0 Å². The van der Waals surface area contributed by atoms with Gasteiger partial charge in [-0.05, 0) is 11.5 Å². The van der Waals surface area contributed by atoms with Gasteiger partial charge < -0.3 is 4.74 Å². The van der Waals surface area contributed by atoms with Gasteiger partial charge in [0, 0.05) is 17.2 Å². The number of carbonyl (C=O) groups excluding carboxylic acids is 1. The first-order valence-corrected chi connectivity index (χ1v) is 5.18. The van der Waals surface area contributed by atoms with Gasteiger partial charge in [0.1, 0.15) is 0 Å². The van der Waals surface area contributed by atoms with E-state index >= 15 is 0 Å². The highest BCUT2D eigenvalue weighted by molar-refractivity contribution is 7.09. The number of aromatic nitrogens is 1. The molecule has 2 rings (SSSR count). The minimum atomic E-state index is 0.579. The fourth-order valence-electron chi connectivity index (χ4n) is 1.31. The van der Waals surface area contributed by atoms with Crippen LogP contribution in [0.1, 0.15) is 10.4 Å². The number of rotatable bonds is 3. The highest BCUT2D eigenvalue weighted by atomic mass is 32.1. The average molecular weight is 219 g/mol. The van der Waals surface area contributed by atoms with Gasteiger partial charge in [-0.15, -0.1) is 0 Å². The van der Waals surface area contributed by atoms with Crippen molar-refractivity contribution in [2.24, 2.45) is 0 Å². The minimum absolute atomic E-state index is 0.579. The topological polar surface area (TPSA) is 39.2 Å². The molecule has 0 unspecified atom stereocenters. The Labute approximate surface area is 91.5 Å². The first kappa shape index (κ1) is 9.86. The highest BCUT2D eigenvalue weighted by Crippen LogP contribution is 2.29. The maximum Gasteiger partial charge on any atom is 0.225 e. The van der Waals surface area contributed by atoms with E-state index in [1.54, 1.807) is 13.2 Å². The van der Waals surface area contributed by atoms with Crippen LogP contribution in [0.3, 0.4) is 0 Å². The molecule has 0 amide bonds. The Morgan fingerprint density at radius 2 is 2.20 bits per heavy atom. The van der Waals surface area contributed by atoms with Crippen LogP contribution in [0.15, 0.2) is 30.3 Å². The molecule has 0 saturated heterocycles. The molecule has 4 heteroatoms. The number of aldehydes is 1. The van der Waals surface area contributed by atoms with Crippen LogP contribution in [-0.2, 0) is 0 Å². The maximum atomic E-state index is 10.8. The van der Waals surface area contributed by atoms with Crippen LogP contribution in [0, 0.1) is 0 Å². The summed E-state index contributed by atoms with van der Waals surface area (Å²) in [7, 11) is 1.57. The van der Waals surface area contributed by atoms with Crippen molar-refractivity contribution in [2.75, 3.05) is 7.11 Å². The number of hydrogen-bond donors (Lipinski definition) is 0. The lowest BCUT2D eigenvalue weighted by Gasteiger charge is -1.99. The van der Waals surface area contributed by atoms with E-state index in [1.165, 1.54) is 11.5 Å². The molecule has 0 spiro atoms. The zero-order valence-corrected chi connectivity index (χ0v) is 8.95. The van der Waals surface area contributed by atoms with Gasteiger partial charge in [0.05, 0.1) is 12.0 Å². The van der Waals surface area contributed by atoms with Crippen LogP contribution < -0.4 is 4.74 Å². The molecule has 1 aromatic carbocycles. The average Bonchev–Trinajstić information content (AvgIpc) is 2.77. The molecule has 0 atom stereocenters. The van der Waals surface area contributed by atoms with Crippen molar-refractivity contribution in [3.8, 4) is 16.3 Å². The van der Waals surface area contributed by atoms with Gasteiger partial charge in [-0.25, -0.2) is 0 Å². The van der Waals surface area contributed by atoms with Crippen LogP contribution in [0.5, 0.6) is 5.88 Å².